The molecule has 2 N–H and O–H groups in total. The highest BCUT2D eigenvalue weighted by Crippen LogP contribution is 2.55. The van der Waals surface area contributed by atoms with Crippen LogP contribution in [-0.4, -0.2) is 15.5 Å². The minimum absolute atomic E-state index is 0.443. The Morgan fingerprint density at radius 2 is 1.77 bits per heavy atom. The average molecular weight is 301 g/mol. The molecule has 0 unspecified atom stereocenters. The molecule has 0 radical (unpaired) electrons. The summed E-state index contributed by atoms with van der Waals surface area (Å²) >= 11 is 0. The molecule has 0 amide bonds. The van der Waals surface area contributed by atoms with Crippen molar-refractivity contribution in [3.05, 3.63) is 17.2 Å². The third-order valence-electron chi connectivity index (χ3n) is 6.47. The lowest BCUT2D eigenvalue weighted by molar-refractivity contribution is -0.0208. The van der Waals surface area contributed by atoms with Crippen LogP contribution in [0.4, 0.5) is 0 Å². The normalized spacial score (nSPS) is 36.2. The maximum Gasteiger partial charge on any atom is 0.120 e. The number of nitrogens with one attached hydrogen (secondary N) is 2. The van der Waals surface area contributed by atoms with Crippen molar-refractivity contribution in [3.8, 4) is 0 Å². The van der Waals surface area contributed by atoms with E-state index in [9.17, 15) is 0 Å². The number of hydrogen-bond donors (Lipinski definition) is 2. The fraction of sp³-hybridized carbons (Fsp3) is 0.842. The minimum Gasteiger partial charge on any atom is -0.345 e. The van der Waals surface area contributed by atoms with Gasteiger partial charge in [0.1, 0.15) is 5.82 Å². The number of hydrogen-bond acceptors (Lipinski definition) is 2. The summed E-state index contributed by atoms with van der Waals surface area (Å²) in [5.41, 5.74) is 3.00. The zero-order valence-corrected chi connectivity index (χ0v) is 14.3. The largest absolute Gasteiger partial charge is 0.345 e. The number of unbranched alkanes of at least 4 members (excludes halogenated alkanes) is 1. The number of aromatic nitrogens is 2. The van der Waals surface area contributed by atoms with Crippen molar-refractivity contribution >= 4 is 0 Å². The van der Waals surface area contributed by atoms with Crippen molar-refractivity contribution < 1.29 is 0 Å². The van der Waals surface area contributed by atoms with Gasteiger partial charge in [0, 0.05) is 11.2 Å². The van der Waals surface area contributed by atoms with Crippen LogP contribution in [0.1, 0.15) is 75.5 Å². The van der Waals surface area contributed by atoms with Crippen LogP contribution < -0.4 is 5.32 Å². The van der Waals surface area contributed by atoms with E-state index in [4.69, 9.17) is 4.98 Å². The second kappa shape index (κ2) is 5.67. The van der Waals surface area contributed by atoms with Gasteiger partial charge in [-0.15, -0.1) is 0 Å². The van der Waals surface area contributed by atoms with Gasteiger partial charge in [-0.1, -0.05) is 13.3 Å². The van der Waals surface area contributed by atoms with Crippen LogP contribution in [0.3, 0.4) is 0 Å². The Balaban J connectivity index is 1.40. The van der Waals surface area contributed by atoms with Crippen LogP contribution in [0.15, 0.2) is 0 Å². The van der Waals surface area contributed by atoms with Gasteiger partial charge in [0.2, 0.25) is 0 Å². The lowest BCUT2D eigenvalue weighted by atomic mass is 9.53. The Morgan fingerprint density at radius 1 is 1.14 bits per heavy atom. The van der Waals surface area contributed by atoms with Crippen molar-refractivity contribution in [1.29, 1.82) is 0 Å². The Kier molecular flexibility index (Phi) is 3.80. The van der Waals surface area contributed by atoms with E-state index in [1.807, 2.05) is 0 Å². The molecular formula is C19H31N3. The minimum atomic E-state index is 0.443. The van der Waals surface area contributed by atoms with Crippen LogP contribution in [0.5, 0.6) is 0 Å². The quantitative estimate of drug-likeness (QED) is 0.830. The first-order valence-corrected chi connectivity index (χ1v) is 9.45. The van der Waals surface area contributed by atoms with Crippen molar-refractivity contribution in [2.75, 3.05) is 0 Å². The van der Waals surface area contributed by atoms with Gasteiger partial charge in [0.15, 0.2) is 0 Å². The molecule has 5 rings (SSSR count). The molecule has 4 saturated carbocycles. The molecule has 0 atom stereocenters. The number of H-pyrrole nitrogens is 1. The van der Waals surface area contributed by atoms with Crippen molar-refractivity contribution in [2.24, 2.45) is 17.8 Å². The van der Waals surface area contributed by atoms with E-state index in [0.29, 0.717) is 5.54 Å². The molecule has 4 fully saturated rings. The molecule has 0 saturated heterocycles. The number of imidazole rings is 1. The van der Waals surface area contributed by atoms with Gasteiger partial charge in [0.25, 0.3) is 0 Å². The molecular weight excluding hydrogens is 270 g/mol. The molecule has 122 valence electrons. The van der Waals surface area contributed by atoms with Crippen LogP contribution in [0.2, 0.25) is 0 Å². The highest BCUT2D eigenvalue weighted by molar-refractivity contribution is 5.14. The summed E-state index contributed by atoms with van der Waals surface area (Å²) in [6.45, 7) is 5.35. The lowest BCUT2D eigenvalue weighted by Gasteiger charge is -2.57. The molecule has 4 aliphatic rings. The predicted molar refractivity (Wildman–Crippen MR) is 89.7 cm³/mol. The van der Waals surface area contributed by atoms with E-state index in [-0.39, 0.29) is 0 Å². The maximum absolute atomic E-state index is 4.85. The molecule has 22 heavy (non-hydrogen) atoms. The molecule has 1 aromatic rings. The van der Waals surface area contributed by atoms with Gasteiger partial charge in [-0.3, -0.25) is 0 Å². The molecule has 3 nitrogen and oxygen atoms in total. The van der Waals surface area contributed by atoms with Crippen molar-refractivity contribution in [3.63, 3.8) is 0 Å². The summed E-state index contributed by atoms with van der Waals surface area (Å²) in [5, 5.41) is 3.95. The van der Waals surface area contributed by atoms with E-state index in [0.717, 1.165) is 36.5 Å². The first kappa shape index (κ1) is 14.7. The highest BCUT2D eigenvalue weighted by Gasteiger charge is 2.50. The number of nitrogens with zero attached hydrogens (tertiary/aromatic N) is 1. The van der Waals surface area contributed by atoms with Crippen LogP contribution in [0.25, 0.3) is 0 Å². The van der Waals surface area contributed by atoms with Gasteiger partial charge < -0.3 is 10.3 Å². The molecule has 1 heterocycles. The second-order valence-corrected chi connectivity index (χ2v) is 8.41. The fourth-order valence-electron chi connectivity index (χ4n) is 5.83. The van der Waals surface area contributed by atoms with Gasteiger partial charge in [0.05, 0.1) is 12.2 Å². The van der Waals surface area contributed by atoms with Crippen molar-refractivity contribution in [2.45, 2.75) is 83.7 Å². The average Bonchev–Trinajstić information content (AvgIpc) is 2.82. The third kappa shape index (κ3) is 2.73. The first-order chi connectivity index (χ1) is 10.7. The Hall–Kier alpha value is -0.830. The number of rotatable bonds is 6. The van der Waals surface area contributed by atoms with E-state index in [1.165, 1.54) is 62.8 Å². The highest BCUT2D eigenvalue weighted by atomic mass is 15.1. The van der Waals surface area contributed by atoms with Gasteiger partial charge in [-0.05, 0) is 76.0 Å². The molecule has 4 bridgehead atoms. The molecule has 1 aromatic heterocycles. The summed E-state index contributed by atoms with van der Waals surface area (Å²) in [6, 6.07) is 0. The summed E-state index contributed by atoms with van der Waals surface area (Å²) in [6.07, 6.45) is 12.4. The lowest BCUT2D eigenvalue weighted by Crippen LogP contribution is -2.58. The van der Waals surface area contributed by atoms with E-state index in [2.05, 4.69) is 24.1 Å². The van der Waals surface area contributed by atoms with E-state index in [1.54, 1.807) is 0 Å². The molecule has 4 aliphatic carbocycles. The monoisotopic (exact) mass is 301 g/mol. The SMILES string of the molecule is CCCCc1nc(CNC23CC4CC(CC(C4)C2)C3)[nH]c1C. The Morgan fingerprint density at radius 3 is 2.36 bits per heavy atom. The zero-order chi connectivity index (χ0) is 15.2. The van der Waals surface area contributed by atoms with E-state index >= 15 is 0 Å². The van der Waals surface area contributed by atoms with Crippen LogP contribution >= 0.6 is 0 Å². The second-order valence-electron chi connectivity index (χ2n) is 8.41. The number of aromatic amines is 1. The van der Waals surface area contributed by atoms with Gasteiger partial charge >= 0.3 is 0 Å². The molecule has 0 aliphatic heterocycles. The number of aryl methyl sites for hydroxylation is 2. The zero-order valence-electron chi connectivity index (χ0n) is 14.3. The van der Waals surface area contributed by atoms with Gasteiger partial charge in [-0.25, -0.2) is 4.98 Å². The van der Waals surface area contributed by atoms with Crippen LogP contribution in [0, 0.1) is 24.7 Å². The standard InChI is InChI=1S/C19H31N3/c1-3-4-5-17-13(2)21-18(22-17)12-20-19-9-14-6-15(10-19)8-16(7-14)11-19/h14-16,20H,3-12H2,1-2H3,(H,21,22). The molecule has 0 spiro atoms. The van der Waals surface area contributed by atoms with E-state index < -0.39 is 0 Å². The maximum atomic E-state index is 4.85. The Bertz CT molecular complexity index is 495. The summed E-state index contributed by atoms with van der Waals surface area (Å²) < 4.78 is 0. The molecule has 0 aromatic carbocycles. The summed E-state index contributed by atoms with van der Waals surface area (Å²) in [7, 11) is 0. The van der Waals surface area contributed by atoms with Gasteiger partial charge in [-0.2, -0.15) is 0 Å². The predicted octanol–water partition coefficient (Wildman–Crippen LogP) is 4.12. The van der Waals surface area contributed by atoms with Crippen LogP contribution in [-0.2, 0) is 13.0 Å². The fourth-order valence-corrected chi connectivity index (χ4v) is 5.83. The third-order valence-corrected chi connectivity index (χ3v) is 6.47. The Labute approximate surface area is 134 Å². The topological polar surface area (TPSA) is 40.7 Å². The molecule has 3 heteroatoms. The summed E-state index contributed by atoms with van der Waals surface area (Å²) in [5.74, 6) is 4.19. The smallest absolute Gasteiger partial charge is 0.120 e. The van der Waals surface area contributed by atoms with Crippen molar-refractivity contribution in [1.82, 2.24) is 15.3 Å². The summed E-state index contributed by atoms with van der Waals surface area (Å²) in [4.78, 5) is 8.36. The first-order valence-electron chi connectivity index (χ1n) is 9.45.